The van der Waals surface area contributed by atoms with Crippen LogP contribution in [0.4, 0.5) is 0 Å². The van der Waals surface area contributed by atoms with Crippen LogP contribution in [0.2, 0.25) is 0 Å². The minimum atomic E-state index is 0.125. The van der Waals surface area contributed by atoms with Gasteiger partial charge in [0.15, 0.2) is 5.82 Å². The molecule has 0 unspecified atom stereocenters. The van der Waals surface area contributed by atoms with Gasteiger partial charge in [0.25, 0.3) is 5.91 Å². The molecule has 7 nitrogen and oxygen atoms in total. The van der Waals surface area contributed by atoms with Crippen molar-refractivity contribution in [3.63, 3.8) is 0 Å². The summed E-state index contributed by atoms with van der Waals surface area (Å²) < 4.78 is 1.90. The number of benzene rings is 1. The number of carbonyl (C=O) groups is 1. The van der Waals surface area contributed by atoms with Gasteiger partial charge < -0.3 is 4.90 Å². The second-order valence-electron chi connectivity index (χ2n) is 6.79. The summed E-state index contributed by atoms with van der Waals surface area (Å²) in [5, 5.41) is 12.1. The molecule has 1 saturated heterocycles. The first kappa shape index (κ1) is 18.5. The first-order valence-corrected chi connectivity index (χ1v) is 9.56. The van der Waals surface area contributed by atoms with Crippen molar-refractivity contribution in [2.75, 3.05) is 26.2 Å². The zero-order chi connectivity index (χ0) is 18.4. The van der Waals surface area contributed by atoms with Gasteiger partial charge in [-0.15, -0.1) is 5.10 Å². The number of hydrogen-bond donors (Lipinski definition) is 0. The Morgan fingerprint density at radius 2 is 1.81 bits per heavy atom. The Morgan fingerprint density at radius 3 is 2.46 bits per heavy atom. The summed E-state index contributed by atoms with van der Waals surface area (Å²) in [4.78, 5) is 16.9. The number of aryl methyl sites for hydroxylation is 2. The smallest absolute Gasteiger partial charge is 0.253 e. The standard InChI is InChI=1S/C19H28N6O/c1-3-5-10-25-18(20-21-22-25)15-23-11-13-24(14-12-23)19(26)17-8-6-16(4-2)7-9-17/h6-9H,3-5,10-15H2,1-2H3. The van der Waals surface area contributed by atoms with Crippen molar-refractivity contribution in [2.45, 2.75) is 46.2 Å². The maximum absolute atomic E-state index is 12.7. The molecule has 1 aliphatic heterocycles. The third kappa shape index (κ3) is 4.46. The normalized spacial score (nSPS) is 15.4. The minimum Gasteiger partial charge on any atom is -0.336 e. The molecule has 0 bridgehead atoms. The summed E-state index contributed by atoms with van der Waals surface area (Å²) in [6.07, 6.45) is 3.20. The molecule has 0 N–H and O–H groups in total. The van der Waals surface area contributed by atoms with Crippen LogP contribution >= 0.6 is 0 Å². The SMILES string of the molecule is CCCCn1nnnc1CN1CCN(C(=O)c2ccc(CC)cc2)CC1. The number of nitrogens with zero attached hydrogens (tertiary/aromatic N) is 6. The largest absolute Gasteiger partial charge is 0.336 e. The van der Waals surface area contributed by atoms with Crippen LogP contribution in [0.5, 0.6) is 0 Å². The molecule has 0 radical (unpaired) electrons. The Balaban J connectivity index is 1.52. The third-order valence-corrected chi connectivity index (χ3v) is 4.96. The quantitative estimate of drug-likeness (QED) is 0.759. The lowest BCUT2D eigenvalue weighted by atomic mass is 10.1. The first-order chi connectivity index (χ1) is 12.7. The van der Waals surface area contributed by atoms with E-state index in [1.54, 1.807) is 0 Å². The molecule has 1 aromatic heterocycles. The number of amides is 1. The van der Waals surface area contributed by atoms with Crippen molar-refractivity contribution in [3.8, 4) is 0 Å². The topological polar surface area (TPSA) is 67.2 Å². The van der Waals surface area contributed by atoms with E-state index in [0.29, 0.717) is 0 Å². The van der Waals surface area contributed by atoms with Crippen LogP contribution in [0, 0.1) is 0 Å². The highest BCUT2D eigenvalue weighted by Gasteiger charge is 2.23. The molecule has 0 atom stereocenters. The Morgan fingerprint density at radius 1 is 1.08 bits per heavy atom. The highest BCUT2D eigenvalue weighted by Crippen LogP contribution is 2.12. The molecule has 0 saturated carbocycles. The maximum Gasteiger partial charge on any atom is 0.253 e. The molecule has 7 heteroatoms. The summed E-state index contributed by atoms with van der Waals surface area (Å²) in [7, 11) is 0. The zero-order valence-electron chi connectivity index (χ0n) is 15.8. The lowest BCUT2D eigenvalue weighted by Gasteiger charge is -2.34. The first-order valence-electron chi connectivity index (χ1n) is 9.56. The summed E-state index contributed by atoms with van der Waals surface area (Å²) in [5.41, 5.74) is 2.03. The summed E-state index contributed by atoms with van der Waals surface area (Å²) in [5.74, 6) is 1.04. The van der Waals surface area contributed by atoms with E-state index in [-0.39, 0.29) is 5.91 Å². The van der Waals surface area contributed by atoms with E-state index in [1.165, 1.54) is 5.56 Å². The average Bonchev–Trinajstić information content (AvgIpc) is 3.13. The molecule has 0 spiro atoms. The van der Waals surface area contributed by atoms with E-state index in [4.69, 9.17) is 0 Å². The summed E-state index contributed by atoms with van der Waals surface area (Å²) >= 11 is 0. The van der Waals surface area contributed by atoms with E-state index in [0.717, 1.165) is 69.9 Å². The molecule has 2 heterocycles. The molecule has 26 heavy (non-hydrogen) atoms. The number of piperazine rings is 1. The molecule has 2 aromatic rings. The van der Waals surface area contributed by atoms with Gasteiger partial charge in [0.1, 0.15) is 0 Å². The number of rotatable bonds is 7. The van der Waals surface area contributed by atoms with Gasteiger partial charge in [-0.25, -0.2) is 4.68 Å². The molecule has 1 amide bonds. The van der Waals surface area contributed by atoms with Crippen LogP contribution in [-0.4, -0.2) is 62.1 Å². The zero-order valence-corrected chi connectivity index (χ0v) is 15.8. The van der Waals surface area contributed by atoms with Crippen molar-refractivity contribution in [1.29, 1.82) is 0 Å². The van der Waals surface area contributed by atoms with E-state index in [1.807, 2.05) is 33.8 Å². The summed E-state index contributed by atoms with van der Waals surface area (Å²) in [6.45, 7) is 9.06. The van der Waals surface area contributed by atoms with Crippen molar-refractivity contribution in [2.24, 2.45) is 0 Å². The van der Waals surface area contributed by atoms with Crippen LogP contribution < -0.4 is 0 Å². The van der Waals surface area contributed by atoms with Gasteiger partial charge in [-0.05, 0) is 41.0 Å². The van der Waals surface area contributed by atoms with Crippen LogP contribution in [0.15, 0.2) is 24.3 Å². The van der Waals surface area contributed by atoms with E-state index in [2.05, 4.69) is 34.3 Å². The molecule has 0 aliphatic carbocycles. The van der Waals surface area contributed by atoms with Gasteiger partial charge >= 0.3 is 0 Å². The summed E-state index contributed by atoms with van der Waals surface area (Å²) in [6, 6.07) is 7.96. The minimum absolute atomic E-state index is 0.125. The molecule has 1 aromatic carbocycles. The Bertz CT molecular complexity index is 703. The predicted octanol–water partition coefficient (Wildman–Crippen LogP) is 1.99. The molecule has 140 valence electrons. The van der Waals surface area contributed by atoms with Gasteiger partial charge in [-0.2, -0.15) is 0 Å². The second kappa shape index (κ2) is 8.89. The van der Waals surface area contributed by atoms with Crippen LogP contribution in [0.3, 0.4) is 0 Å². The van der Waals surface area contributed by atoms with Gasteiger partial charge in [0.05, 0.1) is 6.54 Å². The number of aromatic nitrogens is 4. The van der Waals surface area contributed by atoms with Gasteiger partial charge in [0, 0.05) is 38.3 Å². The molecular weight excluding hydrogens is 328 g/mol. The second-order valence-corrected chi connectivity index (χ2v) is 6.79. The molecular formula is C19H28N6O. The monoisotopic (exact) mass is 356 g/mol. The highest BCUT2D eigenvalue weighted by atomic mass is 16.2. The molecule has 3 rings (SSSR count). The fraction of sp³-hybridized carbons (Fsp3) is 0.579. The van der Waals surface area contributed by atoms with Crippen LogP contribution in [0.1, 0.15) is 48.4 Å². The molecule has 1 aliphatic rings. The van der Waals surface area contributed by atoms with Gasteiger partial charge in [0.2, 0.25) is 0 Å². The van der Waals surface area contributed by atoms with Crippen molar-refractivity contribution in [1.82, 2.24) is 30.0 Å². The van der Waals surface area contributed by atoms with Crippen LogP contribution in [0.25, 0.3) is 0 Å². The Labute approximate surface area is 155 Å². The predicted molar refractivity (Wildman–Crippen MR) is 99.7 cm³/mol. The molecule has 1 fully saturated rings. The van der Waals surface area contributed by atoms with Crippen LogP contribution in [-0.2, 0) is 19.5 Å². The lowest BCUT2D eigenvalue weighted by molar-refractivity contribution is 0.0623. The van der Waals surface area contributed by atoms with Crippen molar-refractivity contribution < 1.29 is 4.79 Å². The van der Waals surface area contributed by atoms with E-state index >= 15 is 0 Å². The average molecular weight is 356 g/mol. The van der Waals surface area contributed by atoms with Crippen molar-refractivity contribution in [3.05, 3.63) is 41.2 Å². The lowest BCUT2D eigenvalue weighted by Crippen LogP contribution is -2.48. The fourth-order valence-corrected chi connectivity index (χ4v) is 3.19. The highest BCUT2D eigenvalue weighted by molar-refractivity contribution is 5.94. The number of carbonyl (C=O) groups excluding carboxylic acids is 1. The van der Waals surface area contributed by atoms with Crippen molar-refractivity contribution >= 4 is 5.91 Å². The Kier molecular flexibility index (Phi) is 6.33. The third-order valence-electron chi connectivity index (χ3n) is 4.96. The number of hydrogen-bond acceptors (Lipinski definition) is 5. The van der Waals surface area contributed by atoms with E-state index in [9.17, 15) is 4.79 Å². The fourth-order valence-electron chi connectivity index (χ4n) is 3.19. The van der Waals surface area contributed by atoms with E-state index < -0.39 is 0 Å². The van der Waals surface area contributed by atoms with Gasteiger partial charge in [-0.1, -0.05) is 32.4 Å². The number of tetrazole rings is 1. The van der Waals surface area contributed by atoms with Gasteiger partial charge in [-0.3, -0.25) is 9.69 Å². The maximum atomic E-state index is 12.7. The Hall–Kier alpha value is -2.28. The number of unbranched alkanes of at least 4 members (excludes halogenated alkanes) is 1.